The van der Waals surface area contributed by atoms with E-state index in [9.17, 15) is 19.2 Å². The molecule has 2 atom stereocenters. The van der Waals surface area contributed by atoms with Gasteiger partial charge in [0.15, 0.2) is 5.78 Å². The van der Waals surface area contributed by atoms with Crippen molar-refractivity contribution in [3.05, 3.63) is 130 Å². The Morgan fingerprint density at radius 3 is 2.41 bits per heavy atom. The van der Waals surface area contributed by atoms with E-state index >= 15 is 0 Å². The number of anilines is 1. The number of amides is 3. The summed E-state index contributed by atoms with van der Waals surface area (Å²) in [5.41, 5.74) is 4.57. The minimum absolute atomic E-state index is 0.0296. The van der Waals surface area contributed by atoms with Gasteiger partial charge in [-0.3, -0.25) is 24.2 Å². The Morgan fingerprint density at radius 2 is 1.68 bits per heavy atom. The lowest BCUT2D eigenvalue weighted by Crippen LogP contribution is -2.56. The second kappa shape index (κ2) is 14.1. The number of fused-ring (bicyclic) bond motifs is 1. The molecule has 1 unspecified atom stereocenters. The van der Waals surface area contributed by atoms with Gasteiger partial charge < -0.3 is 15.5 Å². The van der Waals surface area contributed by atoms with Crippen molar-refractivity contribution < 1.29 is 19.2 Å². The smallest absolute Gasteiger partial charge is 0.247 e. The SMILES string of the molecule is Cc1cc(NC(=O)C(Cc2cccnc2)NC(=O)[C@@H]2Cc3ccccc3CN2C(=O)CCC(=O)c2ccccc2)ccc1Cl. The first-order valence-corrected chi connectivity index (χ1v) is 14.9. The fourth-order valence-corrected chi connectivity index (χ4v) is 5.45. The molecule has 3 amide bonds. The number of ketones is 1. The highest BCUT2D eigenvalue weighted by atomic mass is 35.5. The van der Waals surface area contributed by atoms with Crippen molar-refractivity contribution in [1.82, 2.24) is 15.2 Å². The summed E-state index contributed by atoms with van der Waals surface area (Å²) in [4.78, 5) is 59.5. The van der Waals surface area contributed by atoms with Gasteiger partial charge in [-0.05, 0) is 53.4 Å². The zero-order valence-corrected chi connectivity index (χ0v) is 25.1. The monoisotopic (exact) mass is 608 g/mol. The van der Waals surface area contributed by atoms with Crippen molar-refractivity contribution in [2.45, 2.75) is 51.2 Å². The Balaban J connectivity index is 1.36. The molecule has 0 saturated carbocycles. The number of pyridine rings is 1. The Hall–Kier alpha value is -4.82. The lowest BCUT2D eigenvalue weighted by Gasteiger charge is -2.37. The molecule has 0 aliphatic carbocycles. The van der Waals surface area contributed by atoms with E-state index in [1.54, 1.807) is 60.9 Å². The maximum absolute atomic E-state index is 14.0. The number of hydrogen-bond acceptors (Lipinski definition) is 5. The second-order valence-electron chi connectivity index (χ2n) is 10.9. The Bertz CT molecular complexity index is 1660. The molecule has 2 heterocycles. The number of benzene rings is 3. The molecular formula is C35H33ClN4O4. The van der Waals surface area contributed by atoms with Gasteiger partial charge in [0.25, 0.3) is 0 Å². The fourth-order valence-electron chi connectivity index (χ4n) is 5.34. The first-order chi connectivity index (χ1) is 21.3. The highest BCUT2D eigenvalue weighted by Gasteiger charge is 2.36. The number of halogens is 1. The first-order valence-electron chi connectivity index (χ1n) is 14.5. The number of nitrogens with zero attached hydrogens (tertiary/aromatic N) is 2. The largest absolute Gasteiger partial charge is 0.342 e. The molecule has 1 aliphatic rings. The predicted octanol–water partition coefficient (Wildman–Crippen LogP) is 5.33. The number of rotatable bonds is 10. The molecule has 0 saturated heterocycles. The summed E-state index contributed by atoms with van der Waals surface area (Å²) < 4.78 is 0. The molecule has 44 heavy (non-hydrogen) atoms. The van der Waals surface area contributed by atoms with Crippen LogP contribution in [-0.2, 0) is 33.8 Å². The number of aromatic nitrogens is 1. The van der Waals surface area contributed by atoms with Crippen LogP contribution in [0.15, 0.2) is 97.3 Å². The molecule has 1 aromatic heterocycles. The molecule has 1 aliphatic heterocycles. The second-order valence-corrected chi connectivity index (χ2v) is 11.3. The predicted molar refractivity (Wildman–Crippen MR) is 169 cm³/mol. The van der Waals surface area contributed by atoms with Crippen molar-refractivity contribution in [3.8, 4) is 0 Å². The van der Waals surface area contributed by atoms with E-state index in [0.717, 1.165) is 22.3 Å². The van der Waals surface area contributed by atoms with Crippen molar-refractivity contribution in [1.29, 1.82) is 0 Å². The van der Waals surface area contributed by atoms with Crippen LogP contribution in [0.4, 0.5) is 5.69 Å². The quantitative estimate of drug-likeness (QED) is 0.237. The fraction of sp³-hybridized carbons (Fsp3) is 0.229. The zero-order chi connectivity index (χ0) is 31.1. The van der Waals surface area contributed by atoms with Crippen LogP contribution in [0.1, 0.15) is 45.5 Å². The Morgan fingerprint density at radius 1 is 0.932 bits per heavy atom. The van der Waals surface area contributed by atoms with Gasteiger partial charge in [0.1, 0.15) is 12.1 Å². The Labute approximate surface area is 261 Å². The van der Waals surface area contributed by atoms with Gasteiger partial charge in [0, 0.05) is 60.9 Å². The highest BCUT2D eigenvalue weighted by Crippen LogP contribution is 2.25. The van der Waals surface area contributed by atoms with Crippen molar-refractivity contribution in [3.63, 3.8) is 0 Å². The number of Topliss-reactive ketones (excluding diaryl/α,β-unsaturated/α-hetero) is 1. The Kier molecular flexibility index (Phi) is 9.82. The highest BCUT2D eigenvalue weighted by molar-refractivity contribution is 6.31. The molecule has 0 radical (unpaired) electrons. The number of carbonyl (C=O) groups excluding carboxylic acids is 4. The third-order valence-corrected chi connectivity index (χ3v) is 8.18. The van der Waals surface area contributed by atoms with E-state index in [4.69, 9.17) is 11.6 Å². The molecule has 0 bridgehead atoms. The van der Waals surface area contributed by atoms with Crippen LogP contribution in [0, 0.1) is 6.92 Å². The minimum Gasteiger partial charge on any atom is -0.342 e. The summed E-state index contributed by atoms with van der Waals surface area (Å²) in [6, 6.07) is 23.5. The van der Waals surface area contributed by atoms with E-state index in [1.807, 2.05) is 43.3 Å². The maximum Gasteiger partial charge on any atom is 0.247 e. The molecule has 3 aromatic carbocycles. The molecule has 0 spiro atoms. The summed E-state index contributed by atoms with van der Waals surface area (Å²) in [7, 11) is 0. The number of aryl methyl sites for hydroxylation is 1. The summed E-state index contributed by atoms with van der Waals surface area (Å²) >= 11 is 6.16. The van der Waals surface area contributed by atoms with Gasteiger partial charge in [-0.2, -0.15) is 0 Å². The number of carbonyl (C=O) groups is 4. The van der Waals surface area contributed by atoms with Crippen molar-refractivity contribution in [2.75, 3.05) is 5.32 Å². The molecule has 0 fully saturated rings. The maximum atomic E-state index is 14.0. The third kappa shape index (κ3) is 7.57. The van der Waals surface area contributed by atoms with Crippen LogP contribution < -0.4 is 10.6 Å². The molecule has 224 valence electrons. The summed E-state index contributed by atoms with van der Waals surface area (Å²) in [5, 5.41) is 6.39. The topological polar surface area (TPSA) is 108 Å². The zero-order valence-electron chi connectivity index (χ0n) is 24.3. The van der Waals surface area contributed by atoms with E-state index in [0.29, 0.717) is 16.3 Å². The van der Waals surface area contributed by atoms with E-state index in [2.05, 4.69) is 15.6 Å². The van der Waals surface area contributed by atoms with Crippen LogP contribution in [0.3, 0.4) is 0 Å². The summed E-state index contributed by atoms with van der Waals surface area (Å²) in [6.45, 7) is 2.07. The average molecular weight is 609 g/mol. The van der Waals surface area contributed by atoms with Gasteiger partial charge in [0.05, 0.1) is 0 Å². The third-order valence-electron chi connectivity index (χ3n) is 7.75. The minimum atomic E-state index is -0.948. The molecule has 4 aromatic rings. The normalized spacial score (nSPS) is 14.7. The van der Waals surface area contributed by atoms with Gasteiger partial charge >= 0.3 is 0 Å². The van der Waals surface area contributed by atoms with Crippen LogP contribution in [-0.4, -0.2) is 45.5 Å². The van der Waals surface area contributed by atoms with Gasteiger partial charge in [-0.1, -0.05) is 72.3 Å². The van der Waals surface area contributed by atoms with Crippen LogP contribution >= 0.6 is 11.6 Å². The lowest BCUT2D eigenvalue weighted by molar-refractivity contribution is -0.142. The van der Waals surface area contributed by atoms with Crippen LogP contribution in [0.2, 0.25) is 5.02 Å². The molecule has 8 nitrogen and oxygen atoms in total. The lowest BCUT2D eigenvalue weighted by atomic mass is 9.92. The van der Waals surface area contributed by atoms with E-state index in [-0.39, 0.29) is 43.9 Å². The van der Waals surface area contributed by atoms with Crippen LogP contribution in [0.5, 0.6) is 0 Å². The first kappa shape index (κ1) is 30.6. The molecule has 5 rings (SSSR count). The molecule has 9 heteroatoms. The van der Waals surface area contributed by atoms with E-state index < -0.39 is 23.9 Å². The number of nitrogens with one attached hydrogen (secondary N) is 2. The number of hydrogen-bond donors (Lipinski definition) is 2. The molecule has 2 N–H and O–H groups in total. The van der Waals surface area contributed by atoms with Crippen molar-refractivity contribution >= 4 is 40.8 Å². The van der Waals surface area contributed by atoms with Gasteiger partial charge in [-0.15, -0.1) is 0 Å². The van der Waals surface area contributed by atoms with Crippen LogP contribution in [0.25, 0.3) is 0 Å². The van der Waals surface area contributed by atoms with E-state index in [1.165, 1.54) is 4.90 Å². The summed E-state index contributed by atoms with van der Waals surface area (Å²) in [6.07, 6.45) is 3.77. The summed E-state index contributed by atoms with van der Waals surface area (Å²) in [5.74, 6) is -1.29. The average Bonchev–Trinajstić information content (AvgIpc) is 3.05. The van der Waals surface area contributed by atoms with Crippen molar-refractivity contribution in [2.24, 2.45) is 0 Å². The molecular weight excluding hydrogens is 576 g/mol. The van der Waals surface area contributed by atoms with Gasteiger partial charge in [0.2, 0.25) is 17.7 Å². The standard InChI is InChI=1S/C35H33ClN4O4/c1-23-18-28(13-14-29(23)36)38-34(43)30(19-24-8-7-17-37-21-24)39-35(44)31-20-26-11-5-6-12-27(26)22-40(31)33(42)16-15-32(41)25-9-3-2-4-10-25/h2-14,17-18,21,30-31H,15-16,19-20,22H2,1H3,(H,38,43)(H,39,44)/t30?,31-/m0/s1. The van der Waals surface area contributed by atoms with Gasteiger partial charge in [-0.25, -0.2) is 0 Å².